The van der Waals surface area contributed by atoms with Crippen molar-refractivity contribution in [2.24, 2.45) is 5.73 Å². The molecule has 3 heteroatoms. The molecule has 0 spiro atoms. The summed E-state index contributed by atoms with van der Waals surface area (Å²) in [5.74, 6) is 0. The predicted octanol–water partition coefficient (Wildman–Crippen LogP) is 4.57. The van der Waals surface area contributed by atoms with Gasteiger partial charge in [-0.3, -0.25) is 4.98 Å². The highest BCUT2D eigenvalue weighted by atomic mass is 14.9. The van der Waals surface area contributed by atoms with Crippen LogP contribution in [0, 0.1) is 6.92 Å². The number of nitrogens with zero attached hydrogens (tertiary/aromatic N) is 1. The van der Waals surface area contributed by atoms with Gasteiger partial charge in [-0.1, -0.05) is 55.1 Å². The Hall–Kier alpha value is -4.21. The van der Waals surface area contributed by atoms with E-state index in [2.05, 4.69) is 84.7 Å². The van der Waals surface area contributed by atoms with E-state index >= 15 is 0 Å². The number of aryl methyl sites for hydroxylation is 1. The van der Waals surface area contributed by atoms with E-state index in [-0.39, 0.29) is 6.04 Å². The van der Waals surface area contributed by atoms with Crippen LogP contribution in [0.15, 0.2) is 97.3 Å². The van der Waals surface area contributed by atoms with Crippen molar-refractivity contribution in [2.45, 2.75) is 25.8 Å². The van der Waals surface area contributed by atoms with E-state index in [1.807, 2.05) is 31.3 Å². The van der Waals surface area contributed by atoms with Crippen LogP contribution in [0.4, 0.5) is 0 Å². The predicted molar refractivity (Wildman–Crippen MR) is 151 cm³/mol. The van der Waals surface area contributed by atoms with Crippen LogP contribution >= 0.6 is 0 Å². The molecule has 1 aromatic heterocycles. The summed E-state index contributed by atoms with van der Waals surface area (Å²) in [6.07, 6.45) is 16.7. The average Bonchev–Trinajstić information content (AvgIpc) is 3.00. The minimum Gasteiger partial charge on any atom is -0.359 e. The molecule has 3 aliphatic rings. The quantitative estimate of drug-likeness (QED) is 0.593. The molecule has 0 saturated heterocycles. The summed E-state index contributed by atoms with van der Waals surface area (Å²) >= 11 is 0. The molecule has 0 saturated carbocycles. The molecule has 2 aliphatic carbocycles. The van der Waals surface area contributed by atoms with E-state index in [0.29, 0.717) is 0 Å². The molecule has 0 fully saturated rings. The highest BCUT2D eigenvalue weighted by Gasteiger charge is 2.19. The van der Waals surface area contributed by atoms with Crippen LogP contribution < -0.4 is 21.5 Å². The summed E-state index contributed by atoms with van der Waals surface area (Å²) in [5.41, 5.74) is 17.5. The molecule has 0 radical (unpaired) electrons. The summed E-state index contributed by atoms with van der Waals surface area (Å²) in [5, 5.41) is 5.79. The number of aromatic nitrogens is 1. The van der Waals surface area contributed by atoms with Crippen LogP contribution in [0.25, 0.3) is 29.0 Å². The third-order valence-electron chi connectivity index (χ3n) is 7.01. The second-order valence-corrected chi connectivity index (χ2v) is 9.77. The van der Waals surface area contributed by atoms with E-state index < -0.39 is 0 Å². The second-order valence-electron chi connectivity index (χ2n) is 9.77. The van der Waals surface area contributed by atoms with E-state index in [1.165, 1.54) is 27.5 Å². The van der Waals surface area contributed by atoms with Gasteiger partial charge in [-0.15, -0.1) is 0 Å². The number of hydrogen-bond acceptors (Lipinski definition) is 3. The Kier molecular flexibility index (Phi) is 5.63. The second kappa shape index (κ2) is 9.10. The number of hydrogen-bond donors (Lipinski definition) is 2. The van der Waals surface area contributed by atoms with Crippen LogP contribution in [-0.4, -0.2) is 11.0 Å². The number of nitrogens with two attached hydrogens (primary N) is 1. The van der Waals surface area contributed by atoms with E-state index in [0.717, 1.165) is 51.9 Å². The normalized spacial score (nSPS) is 18.3. The molecule has 0 amide bonds. The van der Waals surface area contributed by atoms with Crippen molar-refractivity contribution < 1.29 is 0 Å². The third kappa shape index (κ3) is 4.30. The molecule has 1 unspecified atom stereocenters. The maximum Gasteiger partial charge on any atom is 0.0873 e. The molecule has 6 rings (SSSR count). The van der Waals surface area contributed by atoms with Gasteiger partial charge in [-0.2, -0.15) is 0 Å². The zero-order valence-corrected chi connectivity index (χ0v) is 20.5. The number of allylic oxidation sites excluding steroid dienone is 7. The molecule has 36 heavy (non-hydrogen) atoms. The molecule has 3 nitrogen and oxygen atoms in total. The first-order valence-electron chi connectivity index (χ1n) is 12.4. The van der Waals surface area contributed by atoms with Crippen LogP contribution in [0.1, 0.15) is 33.6 Å². The smallest absolute Gasteiger partial charge is 0.0873 e. The number of rotatable bonds is 3. The lowest BCUT2D eigenvalue weighted by Crippen LogP contribution is -2.24. The fraction of sp³-hybridized carbons (Fsp3) is 0.121. The van der Waals surface area contributed by atoms with Crippen molar-refractivity contribution in [2.75, 3.05) is 0 Å². The Morgan fingerprint density at radius 3 is 2.64 bits per heavy atom. The highest BCUT2D eigenvalue weighted by molar-refractivity contribution is 5.96. The summed E-state index contributed by atoms with van der Waals surface area (Å²) in [6.45, 7) is 6.32. The minimum atomic E-state index is 0.231. The molecule has 1 aliphatic heterocycles. The lowest BCUT2D eigenvalue weighted by molar-refractivity contribution is 0.721. The van der Waals surface area contributed by atoms with Gasteiger partial charge in [0.1, 0.15) is 0 Å². The maximum absolute atomic E-state index is 6.22. The maximum atomic E-state index is 6.22. The van der Waals surface area contributed by atoms with Gasteiger partial charge in [-0.25, -0.2) is 0 Å². The monoisotopic (exact) mass is 467 g/mol. The van der Waals surface area contributed by atoms with Gasteiger partial charge in [0, 0.05) is 23.5 Å². The average molecular weight is 468 g/mol. The fourth-order valence-corrected chi connectivity index (χ4v) is 5.28. The van der Waals surface area contributed by atoms with Crippen LogP contribution in [0.2, 0.25) is 0 Å². The first-order chi connectivity index (χ1) is 17.5. The number of fused-ring (bicyclic) bond motifs is 2. The Labute approximate surface area is 212 Å². The van der Waals surface area contributed by atoms with Gasteiger partial charge in [0.15, 0.2) is 0 Å². The summed E-state index contributed by atoms with van der Waals surface area (Å²) < 4.78 is 0. The third-order valence-corrected chi connectivity index (χ3v) is 7.01. The van der Waals surface area contributed by atoms with Gasteiger partial charge < -0.3 is 11.1 Å². The SMILES string of the molecule is C=C1C=C(c2ccc3c(c2)CC(N)C3)C=c2cc(C3=C(c4cccc(C)n4)NC=CC=C3)ccc2=C1. The van der Waals surface area contributed by atoms with Crippen molar-refractivity contribution in [3.63, 3.8) is 0 Å². The Morgan fingerprint density at radius 2 is 1.75 bits per heavy atom. The van der Waals surface area contributed by atoms with Gasteiger partial charge in [0.25, 0.3) is 0 Å². The summed E-state index contributed by atoms with van der Waals surface area (Å²) in [4.78, 5) is 4.78. The highest BCUT2D eigenvalue weighted by Crippen LogP contribution is 2.28. The summed E-state index contributed by atoms with van der Waals surface area (Å²) in [6, 6.07) is 19.7. The number of pyridine rings is 1. The molecule has 176 valence electrons. The fourth-order valence-electron chi connectivity index (χ4n) is 5.28. The molecule has 2 heterocycles. The van der Waals surface area contributed by atoms with Crippen LogP contribution in [0.5, 0.6) is 0 Å². The van der Waals surface area contributed by atoms with Gasteiger partial charge in [0.2, 0.25) is 0 Å². The molecular formula is C33H29N3. The number of nitrogens with one attached hydrogen (secondary N) is 1. The first-order valence-corrected chi connectivity index (χ1v) is 12.4. The van der Waals surface area contributed by atoms with E-state index in [1.54, 1.807) is 0 Å². The van der Waals surface area contributed by atoms with Gasteiger partial charge in [-0.05, 0) is 106 Å². The van der Waals surface area contributed by atoms with Gasteiger partial charge in [0.05, 0.1) is 11.4 Å². The van der Waals surface area contributed by atoms with Crippen LogP contribution in [0.3, 0.4) is 0 Å². The molecule has 2 aromatic carbocycles. The Morgan fingerprint density at radius 1 is 0.889 bits per heavy atom. The zero-order chi connectivity index (χ0) is 24.6. The lowest BCUT2D eigenvalue weighted by Gasteiger charge is -2.13. The van der Waals surface area contributed by atoms with Crippen molar-refractivity contribution in [1.82, 2.24) is 10.3 Å². The summed E-state index contributed by atoms with van der Waals surface area (Å²) in [7, 11) is 0. The van der Waals surface area contributed by atoms with Crippen molar-refractivity contribution >= 4 is 29.0 Å². The standard InChI is InChI=1S/C33H29N3/c1-21-14-23-11-12-26(31-7-3-4-13-35-33(31)32-8-5-6-22(2)36-32)17-28(23)18-27(15-21)24-9-10-25-19-30(34)20-29(25)16-24/h3-18,30,35H,1,19-20,34H2,2H3. The molecular weight excluding hydrogens is 438 g/mol. The largest absolute Gasteiger partial charge is 0.359 e. The van der Waals surface area contributed by atoms with Crippen LogP contribution in [-0.2, 0) is 12.8 Å². The van der Waals surface area contributed by atoms with Crippen molar-refractivity contribution in [3.05, 3.63) is 141 Å². The molecule has 0 bridgehead atoms. The molecule has 3 N–H and O–H groups in total. The first kappa shape index (κ1) is 22.3. The Bertz CT molecular complexity index is 1650. The van der Waals surface area contributed by atoms with Crippen molar-refractivity contribution in [3.8, 4) is 0 Å². The van der Waals surface area contributed by atoms with Gasteiger partial charge >= 0.3 is 0 Å². The topological polar surface area (TPSA) is 50.9 Å². The lowest BCUT2D eigenvalue weighted by atomic mass is 9.97. The molecule has 1 atom stereocenters. The zero-order valence-electron chi connectivity index (χ0n) is 20.5. The minimum absolute atomic E-state index is 0.231. The Balaban J connectivity index is 1.49. The van der Waals surface area contributed by atoms with Crippen molar-refractivity contribution in [1.29, 1.82) is 0 Å². The molecule has 3 aromatic rings. The number of benzene rings is 2. The van der Waals surface area contributed by atoms with E-state index in [4.69, 9.17) is 10.7 Å². The van der Waals surface area contributed by atoms with E-state index in [9.17, 15) is 0 Å².